The second-order valence-electron chi connectivity index (χ2n) is 7.17. The van der Waals surface area contributed by atoms with Gasteiger partial charge in [0.1, 0.15) is 5.56 Å². The van der Waals surface area contributed by atoms with Crippen molar-refractivity contribution in [2.75, 3.05) is 13.2 Å². The zero-order valence-electron chi connectivity index (χ0n) is 16.0. The van der Waals surface area contributed by atoms with E-state index in [-0.39, 0.29) is 12.0 Å². The van der Waals surface area contributed by atoms with E-state index in [0.29, 0.717) is 24.2 Å². The van der Waals surface area contributed by atoms with Crippen molar-refractivity contribution >= 4 is 23.2 Å². The molecule has 1 aliphatic heterocycles. The minimum absolute atomic E-state index is 0.101. The highest BCUT2D eigenvalue weighted by Gasteiger charge is 2.21. The molecule has 2 aromatic heterocycles. The minimum Gasteiger partial charge on any atom is -0.376 e. The average molecular weight is 399 g/mol. The number of ether oxygens (including phenoxy) is 1. The molecule has 3 heterocycles. The van der Waals surface area contributed by atoms with Crippen molar-refractivity contribution in [3.63, 3.8) is 0 Å². The summed E-state index contributed by atoms with van der Waals surface area (Å²) in [5, 5.41) is 8.09. The molecule has 1 fully saturated rings. The van der Waals surface area contributed by atoms with Gasteiger partial charge in [0.15, 0.2) is 5.65 Å². The Hall–Kier alpha value is -2.44. The monoisotopic (exact) mass is 398 g/mol. The van der Waals surface area contributed by atoms with E-state index in [1.807, 2.05) is 38.1 Å². The van der Waals surface area contributed by atoms with Gasteiger partial charge in [0.25, 0.3) is 5.91 Å². The lowest BCUT2D eigenvalue weighted by atomic mass is 10.0. The standard InChI is InChI=1S/C21H23ClN4O2/c1-13-17(10-15-6-3-4-8-19(15)22)14(2)26-20(25-13)18(12-24-26)21(27)23-11-16-7-5-9-28-16/h3-4,6,8,12,16H,5,7,9-11H2,1-2H3,(H,23,27). The van der Waals surface area contributed by atoms with Gasteiger partial charge in [-0.3, -0.25) is 4.79 Å². The molecule has 1 atom stereocenters. The van der Waals surface area contributed by atoms with Crippen LogP contribution < -0.4 is 5.32 Å². The molecule has 1 saturated heterocycles. The number of fused-ring (bicyclic) bond motifs is 1. The molecule has 0 bridgehead atoms. The van der Waals surface area contributed by atoms with Gasteiger partial charge in [-0.1, -0.05) is 29.8 Å². The predicted octanol–water partition coefficient (Wildman–Crippen LogP) is 3.50. The molecule has 0 aliphatic carbocycles. The summed E-state index contributed by atoms with van der Waals surface area (Å²) in [4.78, 5) is 17.3. The number of carbonyl (C=O) groups is 1. The van der Waals surface area contributed by atoms with Crippen LogP contribution >= 0.6 is 11.6 Å². The van der Waals surface area contributed by atoms with E-state index in [1.165, 1.54) is 0 Å². The number of aryl methyl sites for hydroxylation is 2. The zero-order chi connectivity index (χ0) is 19.7. The quantitative estimate of drug-likeness (QED) is 0.714. The van der Waals surface area contributed by atoms with Gasteiger partial charge in [-0.15, -0.1) is 0 Å². The summed E-state index contributed by atoms with van der Waals surface area (Å²) in [5.41, 5.74) is 4.99. The second kappa shape index (κ2) is 7.89. The van der Waals surface area contributed by atoms with Crippen LogP contribution in [0.4, 0.5) is 0 Å². The lowest BCUT2D eigenvalue weighted by molar-refractivity contribution is 0.0859. The molecule has 0 saturated carbocycles. The van der Waals surface area contributed by atoms with Crippen molar-refractivity contribution in [1.82, 2.24) is 19.9 Å². The number of hydrogen-bond acceptors (Lipinski definition) is 4. The van der Waals surface area contributed by atoms with Gasteiger partial charge in [0.05, 0.1) is 12.3 Å². The number of hydrogen-bond donors (Lipinski definition) is 1. The molecule has 6 nitrogen and oxygen atoms in total. The number of carbonyl (C=O) groups excluding carboxylic acids is 1. The SMILES string of the molecule is Cc1nc2c(C(=O)NCC3CCCO3)cnn2c(C)c1Cc1ccccc1Cl. The third-order valence-electron chi connectivity index (χ3n) is 5.29. The van der Waals surface area contributed by atoms with E-state index in [9.17, 15) is 4.79 Å². The molecule has 146 valence electrons. The third kappa shape index (κ3) is 3.62. The van der Waals surface area contributed by atoms with Crippen LogP contribution in [0, 0.1) is 13.8 Å². The highest BCUT2D eigenvalue weighted by molar-refractivity contribution is 6.31. The molecule has 4 rings (SSSR count). The molecule has 1 amide bonds. The topological polar surface area (TPSA) is 68.5 Å². The zero-order valence-corrected chi connectivity index (χ0v) is 16.8. The summed E-state index contributed by atoms with van der Waals surface area (Å²) in [5.74, 6) is -0.171. The van der Waals surface area contributed by atoms with Crippen LogP contribution in [0.15, 0.2) is 30.5 Å². The second-order valence-corrected chi connectivity index (χ2v) is 7.58. The van der Waals surface area contributed by atoms with Crippen molar-refractivity contribution in [2.24, 2.45) is 0 Å². The molecule has 1 unspecified atom stereocenters. The summed E-state index contributed by atoms with van der Waals surface area (Å²) in [6.45, 7) is 5.24. The van der Waals surface area contributed by atoms with Crippen LogP contribution in [0.25, 0.3) is 5.65 Å². The molecule has 1 aliphatic rings. The maximum Gasteiger partial charge on any atom is 0.256 e. The molecule has 0 spiro atoms. The van der Waals surface area contributed by atoms with Gasteiger partial charge in [-0.05, 0) is 43.9 Å². The number of benzene rings is 1. The molecule has 28 heavy (non-hydrogen) atoms. The van der Waals surface area contributed by atoms with Gasteiger partial charge in [0.2, 0.25) is 0 Å². The number of halogens is 1. The Morgan fingerprint density at radius 1 is 1.36 bits per heavy atom. The van der Waals surface area contributed by atoms with Crippen LogP contribution in [0.1, 0.15) is 45.7 Å². The molecular weight excluding hydrogens is 376 g/mol. The van der Waals surface area contributed by atoms with E-state index >= 15 is 0 Å². The number of nitrogens with one attached hydrogen (secondary N) is 1. The minimum atomic E-state index is -0.171. The largest absolute Gasteiger partial charge is 0.376 e. The Bertz CT molecular complexity index is 1020. The Morgan fingerprint density at radius 3 is 2.93 bits per heavy atom. The Balaban J connectivity index is 1.61. The number of aromatic nitrogens is 3. The smallest absolute Gasteiger partial charge is 0.256 e. The molecule has 7 heteroatoms. The molecule has 0 radical (unpaired) electrons. The predicted molar refractivity (Wildman–Crippen MR) is 108 cm³/mol. The maximum absolute atomic E-state index is 12.6. The summed E-state index contributed by atoms with van der Waals surface area (Å²) >= 11 is 6.33. The van der Waals surface area contributed by atoms with E-state index in [4.69, 9.17) is 16.3 Å². The van der Waals surface area contributed by atoms with E-state index in [2.05, 4.69) is 15.4 Å². The van der Waals surface area contributed by atoms with E-state index in [0.717, 1.165) is 47.0 Å². The summed E-state index contributed by atoms with van der Waals surface area (Å²) in [7, 11) is 0. The first-order valence-corrected chi connectivity index (χ1v) is 9.89. The Kier molecular flexibility index (Phi) is 5.33. The van der Waals surface area contributed by atoms with Crippen LogP contribution in [-0.2, 0) is 11.2 Å². The first-order chi connectivity index (χ1) is 13.5. The van der Waals surface area contributed by atoms with Crippen molar-refractivity contribution in [2.45, 2.75) is 39.2 Å². The van der Waals surface area contributed by atoms with E-state index < -0.39 is 0 Å². The number of nitrogens with zero attached hydrogens (tertiary/aromatic N) is 3. The maximum atomic E-state index is 12.6. The summed E-state index contributed by atoms with van der Waals surface area (Å²) in [6, 6.07) is 7.79. The highest BCUT2D eigenvalue weighted by Crippen LogP contribution is 2.24. The highest BCUT2D eigenvalue weighted by atomic mass is 35.5. The third-order valence-corrected chi connectivity index (χ3v) is 5.66. The van der Waals surface area contributed by atoms with Crippen LogP contribution in [0.3, 0.4) is 0 Å². The van der Waals surface area contributed by atoms with Gasteiger partial charge in [0, 0.05) is 36.0 Å². The lowest BCUT2D eigenvalue weighted by Crippen LogP contribution is -2.31. The fraction of sp³-hybridized carbons (Fsp3) is 0.381. The van der Waals surface area contributed by atoms with Gasteiger partial charge in [-0.2, -0.15) is 5.10 Å². The van der Waals surface area contributed by atoms with Crippen LogP contribution in [0.2, 0.25) is 5.02 Å². The molecular formula is C21H23ClN4O2. The van der Waals surface area contributed by atoms with Crippen molar-refractivity contribution in [3.05, 3.63) is 63.6 Å². The summed E-state index contributed by atoms with van der Waals surface area (Å²) in [6.07, 6.45) is 4.38. The fourth-order valence-electron chi connectivity index (χ4n) is 3.67. The molecule has 1 N–H and O–H groups in total. The van der Waals surface area contributed by atoms with Crippen molar-refractivity contribution in [1.29, 1.82) is 0 Å². The van der Waals surface area contributed by atoms with Gasteiger partial charge < -0.3 is 10.1 Å². The number of amides is 1. The van der Waals surface area contributed by atoms with Crippen LogP contribution in [-0.4, -0.2) is 39.8 Å². The number of rotatable bonds is 5. The van der Waals surface area contributed by atoms with E-state index in [1.54, 1.807) is 10.7 Å². The van der Waals surface area contributed by atoms with Crippen LogP contribution in [0.5, 0.6) is 0 Å². The van der Waals surface area contributed by atoms with Crippen molar-refractivity contribution < 1.29 is 9.53 Å². The summed E-state index contributed by atoms with van der Waals surface area (Å²) < 4.78 is 7.30. The lowest BCUT2D eigenvalue weighted by Gasteiger charge is -2.13. The Labute approximate surface area is 168 Å². The van der Waals surface area contributed by atoms with Gasteiger partial charge >= 0.3 is 0 Å². The van der Waals surface area contributed by atoms with Gasteiger partial charge in [-0.25, -0.2) is 9.50 Å². The normalized spacial score (nSPS) is 16.6. The Morgan fingerprint density at radius 2 is 2.18 bits per heavy atom. The first kappa shape index (κ1) is 18.9. The van der Waals surface area contributed by atoms with Crippen molar-refractivity contribution in [3.8, 4) is 0 Å². The average Bonchev–Trinajstić information content (AvgIpc) is 3.34. The first-order valence-electron chi connectivity index (χ1n) is 9.51. The molecule has 3 aromatic rings. The molecule has 1 aromatic carbocycles. The fourth-order valence-corrected chi connectivity index (χ4v) is 3.87.